The lowest BCUT2D eigenvalue weighted by atomic mass is 10.2. The Kier molecular flexibility index (Phi) is 7.59. The molecule has 3 rings (SSSR count). The number of nitrogens with one attached hydrogen (secondary N) is 1. The van der Waals surface area contributed by atoms with Gasteiger partial charge in [-0.05, 0) is 23.3 Å². The average Bonchev–Trinajstić information content (AvgIpc) is 2.66. The number of rotatable bonds is 8. The molecule has 0 spiro atoms. The Labute approximate surface area is 165 Å². The maximum atomic E-state index is 6.38. The van der Waals surface area contributed by atoms with Crippen LogP contribution in [0.1, 0.15) is 11.1 Å². The zero-order valence-corrected chi connectivity index (χ0v) is 16.2. The van der Waals surface area contributed by atoms with E-state index < -0.39 is 0 Å². The molecule has 4 nitrogen and oxygen atoms in total. The van der Waals surface area contributed by atoms with Crippen molar-refractivity contribution in [1.29, 1.82) is 0 Å². The monoisotopic (exact) mass is 394 g/mol. The van der Waals surface area contributed by atoms with Gasteiger partial charge < -0.3 is 14.8 Å². The highest BCUT2D eigenvalue weighted by atomic mass is 35.5. The molecule has 1 aliphatic rings. The summed E-state index contributed by atoms with van der Waals surface area (Å²) in [7, 11) is 0. The Morgan fingerprint density at radius 3 is 2.38 bits per heavy atom. The van der Waals surface area contributed by atoms with E-state index in [1.54, 1.807) is 0 Å². The van der Waals surface area contributed by atoms with E-state index in [0.717, 1.165) is 57.1 Å². The fourth-order valence-corrected chi connectivity index (χ4v) is 3.52. The van der Waals surface area contributed by atoms with Crippen molar-refractivity contribution in [1.82, 2.24) is 10.2 Å². The Bertz CT molecular complexity index is 668. The predicted octanol–water partition coefficient (Wildman–Crippen LogP) is 3.99. The first-order valence-electron chi connectivity index (χ1n) is 8.88. The first-order chi connectivity index (χ1) is 12.7. The number of halogens is 2. The van der Waals surface area contributed by atoms with Crippen LogP contribution in [-0.4, -0.2) is 44.3 Å². The molecular formula is C20H24Cl2N2O2. The first kappa shape index (κ1) is 19.5. The van der Waals surface area contributed by atoms with E-state index in [-0.39, 0.29) is 0 Å². The Morgan fingerprint density at radius 2 is 1.69 bits per heavy atom. The molecule has 0 saturated carbocycles. The summed E-state index contributed by atoms with van der Waals surface area (Å²) in [6.07, 6.45) is 0. The quantitative estimate of drug-likeness (QED) is 0.686. The highest BCUT2D eigenvalue weighted by Gasteiger charge is 2.11. The summed E-state index contributed by atoms with van der Waals surface area (Å²) in [5.41, 5.74) is 2.13. The largest absolute Gasteiger partial charge is 0.486 e. The number of morpholine rings is 1. The van der Waals surface area contributed by atoms with E-state index in [1.165, 1.54) is 0 Å². The van der Waals surface area contributed by atoms with Crippen LogP contribution < -0.4 is 10.1 Å². The van der Waals surface area contributed by atoms with Gasteiger partial charge in [0, 0.05) is 32.7 Å². The van der Waals surface area contributed by atoms with Crippen LogP contribution in [0.25, 0.3) is 0 Å². The van der Waals surface area contributed by atoms with Crippen LogP contribution >= 0.6 is 23.2 Å². The Morgan fingerprint density at radius 1 is 1.00 bits per heavy atom. The van der Waals surface area contributed by atoms with Crippen LogP contribution in [0.2, 0.25) is 10.0 Å². The SMILES string of the molecule is Clc1cc(CNCCN2CCOCC2)cc(Cl)c1OCc1ccccc1. The van der Waals surface area contributed by atoms with Crippen molar-refractivity contribution in [2.75, 3.05) is 39.4 Å². The number of ether oxygens (including phenoxy) is 2. The molecule has 140 valence electrons. The molecular weight excluding hydrogens is 371 g/mol. The molecule has 1 aliphatic heterocycles. The standard InChI is InChI=1S/C20H24Cl2N2O2/c21-18-12-17(14-23-6-7-24-8-10-25-11-9-24)13-19(22)20(18)26-15-16-4-2-1-3-5-16/h1-5,12-13,23H,6-11,14-15H2. The third-order valence-electron chi connectivity index (χ3n) is 4.32. The molecule has 0 aromatic heterocycles. The molecule has 0 atom stereocenters. The zero-order valence-electron chi connectivity index (χ0n) is 14.7. The molecule has 2 aromatic rings. The van der Waals surface area contributed by atoms with Crippen molar-refractivity contribution < 1.29 is 9.47 Å². The lowest BCUT2D eigenvalue weighted by molar-refractivity contribution is 0.0384. The maximum Gasteiger partial charge on any atom is 0.156 e. The van der Waals surface area contributed by atoms with Crippen molar-refractivity contribution in [2.24, 2.45) is 0 Å². The minimum Gasteiger partial charge on any atom is -0.486 e. The second kappa shape index (κ2) is 10.1. The van der Waals surface area contributed by atoms with Gasteiger partial charge in [0.1, 0.15) is 6.61 Å². The van der Waals surface area contributed by atoms with E-state index in [0.29, 0.717) is 22.4 Å². The summed E-state index contributed by atoms with van der Waals surface area (Å²) in [6.45, 7) is 6.77. The molecule has 1 saturated heterocycles. The lowest BCUT2D eigenvalue weighted by Gasteiger charge is -2.26. The smallest absolute Gasteiger partial charge is 0.156 e. The second-order valence-electron chi connectivity index (χ2n) is 6.29. The van der Waals surface area contributed by atoms with Gasteiger partial charge in [-0.25, -0.2) is 0 Å². The number of nitrogens with zero attached hydrogens (tertiary/aromatic N) is 1. The fraction of sp³-hybridized carbons (Fsp3) is 0.400. The van der Waals surface area contributed by atoms with Crippen LogP contribution in [0.15, 0.2) is 42.5 Å². The van der Waals surface area contributed by atoms with Crippen molar-refractivity contribution in [2.45, 2.75) is 13.2 Å². The molecule has 26 heavy (non-hydrogen) atoms. The highest BCUT2D eigenvalue weighted by molar-refractivity contribution is 6.37. The van der Waals surface area contributed by atoms with Gasteiger partial charge >= 0.3 is 0 Å². The van der Waals surface area contributed by atoms with Crippen LogP contribution in [0.5, 0.6) is 5.75 Å². The minimum atomic E-state index is 0.442. The van der Waals surface area contributed by atoms with Crippen LogP contribution in [0.3, 0.4) is 0 Å². The normalized spacial score (nSPS) is 15.2. The predicted molar refractivity (Wildman–Crippen MR) is 106 cm³/mol. The topological polar surface area (TPSA) is 33.7 Å². The highest BCUT2D eigenvalue weighted by Crippen LogP contribution is 2.34. The van der Waals surface area contributed by atoms with Crippen molar-refractivity contribution >= 4 is 23.2 Å². The van der Waals surface area contributed by atoms with Crippen molar-refractivity contribution in [3.63, 3.8) is 0 Å². The van der Waals surface area contributed by atoms with E-state index in [2.05, 4.69) is 10.2 Å². The molecule has 0 amide bonds. The molecule has 0 bridgehead atoms. The van der Waals surface area contributed by atoms with Crippen molar-refractivity contribution in [3.05, 3.63) is 63.6 Å². The Balaban J connectivity index is 1.48. The number of hydrogen-bond acceptors (Lipinski definition) is 4. The van der Waals surface area contributed by atoms with Crippen LogP contribution in [0.4, 0.5) is 0 Å². The van der Waals surface area contributed by atoms with Gasteiger partial charge in [0.2, 0.25) is 0 Å². The van der Waals surface area contributed by atoms with Gasteiger partial charge in [0.25, 0.3) is 0 Å². The van der Waals surface area contributed by atoms with Gasteiger partial charge in [0.05, 0.1) is 23.3 Å². The van der Waals surface area contributed by atoms with Gasteiger partial charge in [-0.1, -0.05) is 53.5 Å². The third-order valence-corrected chi connectivity index (χ3v) is 4.88. The molecule has 1 N–H and O–H groups in total. The number of benzene rings is 2. The van der Waals surface area contributed by atoms with Crippen molar-refractivity contribution in [3.8, 4) is 5.75 Å². The molecule has 0 unspecified atom stereocenters. The van der Waals surface area contributed by atoms with E-state index >= 15 is 0 Å². The third kappa shape index (κ3) is 5.86. The summed E-state index contributed by atoms with van der Waals surface area (Å²) >= 11 is 12.8. The summed E-state index contributed by atoms with van der Waals surface area (Å²) in [5.74, 6) is 0.536. The van der Waals surface area contributed by atoms with E-state index in [1.807, 2.05) is 42.5 Å². The Hall–Kier alpha value is -1.30. The van der Waals surface area contributed by atoms with Crippen LogP contribution in [0, 0.1) is 0 Å². The van der Waals surface area contributed by atoms with E-state index in [4.69, 9.17) is 32.7 Å². The summed E-state index contributed by atoms with van der Waals surface area (Å²) in [5, 5.41) is 4.52. The maximum absolute atomic E-state index is 6.38. The summed E-state index contributed by atoms with van der Waals surface area (Å²) < 4.78 is 11.2. The molecule has 1 heterocycles. The van der Waals surface area contributed by atoms with E-state index in [9.17, 15) is 0 Å². The fourth-order valence-electron chi connectivity index (χ4n) is 2.88. The number of hydrogen-bond donors (Lipinski definition) is 1. The van der Waals surface area contributed by atoms with Gasteiger partial charge in [-0.2, -0.15) is 0 Å². The van der Waals surface area contributed by atoms with Gasteiger partial charge in [-0.15, -0.1) is 0 Å². The molecule has 0 radical (unpaired) electrons. The molecule has 1 fully saturated rings. The minimum absolute atomic E-state index is 0.442. The summed E-state index contributed by atoms with van der Waals surface area (Å²) in [4.78, 5) is 2.40. The lowest BCUT2D eigenvalue weighted by Crippen LogP contribution is -2.40. The van der Waals surface area contributed by atoms with Crippen LogP contribution in [-0.2, 0) is 17.9 Å². The zero-order chi connectivity index (χ0) is 18.2. The molecule has 2 aromatic carbocycles. The molecule has 6 heteroatoms. The summed E-state index contributed by atoms with van der Waals surface area (Å²) in [6, 6.07) is 13.8. The van der Waals surface area contributed by atoms with Gasteiger partial charge in [0.15, 0.2) is 5.75 Å². The van der Waals surface area contributed by atoms with Gasteiger partial charge in [-0.3, -0.25) is 4.90 Å². The second-order valence-corrected chi connectivity index (χ2v) is 7.11. The average molecular weight is 395 g/mol. The first-order valence-corrected chi connectivity index (χ1v) is 9.63. The molecule has 0 aliphatic carbocycles.